The maximum Gasteiger partial charge on any atom is 0.262 e. The first-order valence-electron chi connectivity index (χ1n) is 7.37. The van der Waals surface area contributed by atoms with Crippen molar-refractivity contribution in [3.05, 3.63) is 64.7 Å². The molecular weight excluding hydrogens is 294 g/mol. The molecule has 1 saturated carbocycles. The van der Waals surface area contributed by atoms with E-state index in [4.69, 9.17) is 4.98 Å². The molecule has 4 rings (SSSR count). The topological polar surface area (TPSA) is 47.8 Å². The van der Waals surface area contributed by atoms with Gasteiger partial charge in [-0.15, -0.1) is 0 Å². The van der Waals surface area contributed by atoms with Crippen molar-refractivity contribution < 1.29 is 0 Å². The molecule has 22 heavy (non-hydrogen) atoms. The van der Waals surface area contributed by atoms with Crippen LogP contribution in [-0.2, 0) is 5.75 Å². The van der Waals surface area contributed by atoms with Gasteiger partial charge >= 0.3 is 0 Å². The Morgan fingerprint density at radius 1 is 1.14 bits per heavy atom. The summed E-state index contributed by atoms with van der Waals surface area (Å²) in [5.74, 6) is 0.721. The molecule has 0 atom stereocenters. The Morgan fingerprint density at radius 3 is 2.73 bits per heavy atom. The average molecular weight is 309 g/mol. The van der Waals surface area contributed by atoms with Gasteiger partial charge in [0.05, 0.1) is 16.6 Å². The number of hydrogen-bond acceptors (Lipinski definition) is 4. The van der Waals surface area contributed by atoms with Gasteiger partial charge < -0.3 is 0 Å². The number of nitrogens with zero attached hydrogens (tertiary/aromatic N) is 3. The van der Waals surface area contributed by atoms with E-state index in [9.17, 15) is 4.79 Å². The Labute approximate surface area is 132 Å². The van der Waals surface area contributed by atoms with E-state index in [-0.39, 0.29) is 5.56 Å². The summed E-state index contributed by atoms with van der Waals surface area (Å²) in [6, 6.07) is 13.8. The Hall–Kier alpha value is -2.14. The highest BCUT2D eigenvalue weighted by Crippen LogP contribution is 2.37. The van der Waals surface area contributed by atoms with E-state index in [1.165, 1.54) is 0 Å². The minimum atomic E-state index is 0.0802. The number of benzene rings is 1. The van der Waals surface area contributed by atoms with Crippen molar-refractivity contribution >= 4 is 22.7 Å². The summed E-state index contributed by atoms with van der Waals surface area (Å²) in [5.41, 5.74) is 1.85. The molecule has 3 aromatic rings. The lowest BCUT2D eigenvalue weighted by Gasteiger charge is -2.12. The van der Waals surface area contributed by atoms with Crippen LogP contribution in [0.25, 0.3) is 10.9 Å². The van der Waals surface area contributed by atoms with Crippen molar-refractivity contribution in [2.45, 2.75) is 29.8 Å². The monoisotopic (exact) mass is 309 g/mol. The summed E-state index contributed by atoms with van der Waals surface area (Å²) >= 11 is 1.59. The lowest BCUT2D eigenvalue weighted by molar-refractivity contribution is 0.618. The van der Waals surface area contributed by atoms with Crippen LogP contribution < -0.4 is 5.56 Å². The molecule has 1 aliphatic carbocycles. The smallest absolute Gasteiger partial charge is 0.262 e. The van der Waals surface area contributed by atoms with Crippen LogP contribution in [0.1, 0.15) is 24.6 Å². The molecule has 0 spiro atoms. The number of fused-ring (bicyclic) bond motifs is 1. The maximum atomic E-state index is 12.7. The van der Waals surface area contributed by atoms with E-state index < -0.39 is 0 Å². The van der Waals surface area contributed by atoms with Crippen LogP contribution in [-0.4, -0.2) is 14.5 Å². The zero-order chi connectivity index (χ0) is 14.9. The van der Waals surface area contributed by atoms with E-state index in [0.717, 1.165) is 35.0 Å². The molecule has 0 amide bonds. The summed E-state index contributed by atoms with van der Waals surface area (Å²) < 4.78 is 1.87. The second-order valence-corrected chi connectivity index (χ2v) is 6.37. The predicted octanol–water partition coefficient (Wildman–Crippen LogP) is 3.42. The average Bonchev–Trinajstić information content (AvgIpc) is 3.39. The molecule has 1 aromatic carbocycles. The number of thioether (sulfide) groups is 1. The van der Waals surface area contributed by atoms with Gasteiger partial charge in [-0.25, -0.2) is 4.98 Å². The first kappa shape index (κ1) is 13.5. The standard InChI is InChI=1S/C17H15N3OS/c21-16-14-6-1-2-7-15(14)19-17(20(16)13-8-9-13)22-11-12-5-3-4-10-18-12/h1-7,10,13H,8-9,11H2. The zero-order valence-electron chi connectivity index (χ0n) is 12.0. The molecule has 0 bridgehead atoms. The molecule has 2 aromatic heterocycles. The van der Waals surface area contributed by atoms with Gasteiger partial charge in [-0.1, -0.05) is 30.0 Å². The Bertz CT molecular complexity index is 872. The minimum absolute atomic E-state index is 0.0802. The van der Waals surface area contributed by atoms with Gasteiger partial charge in [0.15, 0.2) is 5.16 Å². The summed E-state index contributed by atoms with van der Waals surface area (Å²) in [7, 11) is 0. The first-order chi connectivity index (χ1) is 10.8. The van der Waals surface area contributed by atoms with Gasteiger partial charge in [-0.2, -0.15) is 0 Å². The van der Waals surface area contributed by atoms with Crippen LogP contribution in [0, 0.1) is 0 Å². The Kier molecular flexibility index (Phi) is 3.42. The summed E-state index contributed by atoms with van der Waals surface area (Å²) in [6.45, 7) is 0. The SMILES string of the molecule is O=c1c2ccccc2nc(SCc2ccccn2)n1C1CC1. The lowest BCUT2D eigenvalue weighted by Crippen LogP contribution is -2.22. The lowest BCUT2D eigenvalue weighted by atomic mass is 10.2. The molecule has 0 saturated heterocycles. The van der Waals surface area contributed by atoms with Crippen molar-refractivity contribution in [1.82, 2.24) is 14.5 Å². The highest BCUT2D eigenvalue weighted by Gasteiger charge is 2.28. The van der Waals surface area contributed by atoms with Crippen LogP contribution >= 0.6 is 11.8 Å². The maximum absolute atomic E-state index is 12.7. The van der Waals surface area contributed by atoms with Crippen molar-refractivity contribution in [2.75, 3.05) is 0 Å². The molecule has 0 radical (unpaired) electrons. The van der Waals surface area contributed by atoms with Crippen molar-refractivity contribution in [3.8, 4) is 0 Å². The van der Waals surface area contributed by atoms with E-state index >= 15 is 0 Å². The van der Waals surface area contributed by atoms with Crippen molar-refractivity contribution in [1.29, 1.82) is 0 Å². The van der Waals surface area contributed by atoms with Crippen molar-refractivity contribution in [2.24, 2.45) is 0 Å². The summed E-state index contributed by atoms with van der Waals surface area (Å²) in [5, 5.41) is 1.51. The van der Waals surface area contributed by atoms with Gasteiger partial charge in [0.2, 0.25) is 0 Å². The number of aromatic nitrogens is 3. The molecule has 0 unspecified atom stereocenters. The number of rotatable bonds is 4. The fourth-order valence-electron chi connectivity index (χ4n) is 2.50. The number of para-hydroxylation sites is 1. The molecule has 1 aliphatic rings. The normalized spacial score (nSPS) is 14.4. The molecule has 4 nitrogen and oxygen atoms in total. The second-order valence-electron chi connectivity index (χ2n) is 5.43. The Morgan fingerprint density at radius 2 is 1.95 bits per heavy atom. The second kappa shape index (κ2) is 5.57. The van der Waals surface area contributed by atoms with Gasteiger partial charge in [0.25, 0.3) is 5.56 Å². The van der Waals surface area contributed by atoms with Crippen LogP contribution in [0.15, 0.2) is 58.6 Å². The van der Waals surface area contributed by atoms with Crippen molar-refractivity contribution in [3.63, 3.8) is 0 Å². The number of hydrogen-bond donors (Lipinski definition) is 0. The third-order valence-electron chi connectivity index (χ3n) is 3.76. The van der Waals surface area contributed by atoms with Gasteiger partial charge in [0.1, 0.15) is 0 Å². The molecule has 1 fully saturated rings. The molecule has 0 N–H and O–H groups in total. The molecule has 110 valence electrons. The van der Waals surface area contributed by atoms with E-state index in [0.29, 0.717) is 11.4 Å². The molecule has 2 heterocycles. The fraction of sp³-hybridized carbons (Fsp3) is 0.235. The quantitative estimate of drug-likeness (QED) is 0.547. The highest BCUT2D eigenvalue weighted by atomic mass is 32.2. The van der Waals surface area contributed by atoms with Crippen LogP contribution in [0.5, 0.6) is 0 Å². The van der Waals surface area contributed by atoms with E-state index in [2.05, 4.69) is 4.98 Å². The summed E-state index contributed by atoms with van der Waals surface area (Å²) in [4.78, 5) is 21.8. The third kappa shape index (κ3) is 2.52. The highest BCUT2D eigenvalue weighted by molar-refractivity contribution is 7.98. The minimum Gasteiger partial charge on any atom is -0.284 e. The van der Waals surface area contributed by atoms with Crippen LogP contribution in [0.4, 0.5) is 0 Å². The predicted molar refractivity (Wildman–Crippen MR) is 88.1 cm³/mol. The molecular formula is C17H15N3OS. The summed E-state index contributed by atoms with van der Waals surface area (Å²) in [6.07, 6.45) is 3.92. The van der Waals surface area contributed by atoms with Gasteiger partial charge in [0, 0.05) is 18.0 Å². The van der Waals surface area contributed by atoms with Gasteiger partial charge in [-0.05, 0) is 37.1 Å². The van der Waals surface area contributed by atoms with E-state index in [1.54, 1.807) is 18.0 Å². The largest absolute Gasteiger partial charge is 0.284 e. The van der Waals surface area contributed by atoms with Gasteiger partial charge in [-0.3, -0.25) is 14.3 Å². The third-order valence-corrected chi connectivity index (χ3v) is 4.75. The van der Waals surface area contributed by atoms with Crippen LogP contribution in [0.3, 0.4) is 0 Å². The van der Waals surface area contributed by atoms with Crippen LogP contribution in [0.2, 0.25) is 0 Å². The fourth-order valence-corrected chi connectivity index (χ4v) is 3.49. The first-order valence-corrected chi connectivity index (χ1v) is 8.35. The molecule has 5 heteroatoms. The number of pyridine rings is 1. The Balaban J connectivity index is 1.75. The zero-order valence-corrected chi connectivity index (χ0v) is 12.8. The molecule has 0 aliphatic heterocycles. The van der Waals surface area contributed by atoms with E-state index in [1.807, 2.05) is 47.0 Å².